The average molecular weight is 266 g/mol. The predicted octanol–water partition coefficient (Wildman–Crippen LogP) is 3.46. The van der Waals surface area contributed by atoms with Gasteiger partial charge in [0.25, 0.3) is 0 Å². The minimum Gasteiger partial charge on any atom is -0.297 e. The van der Waals surface area contributed by atoms with Crippen molar-refractivity contribution < 1.29 is 9.63 Å². The van der Waals surface area contributed by atoms with Crippen molar-refractivity contribution in [3.05, 3.63) is 29.8 Å². The quantitative estimate of drug-likeness (QED) is 0.515. The zero-order valence-electron chi connectivity index (χ0n) is 9.81. The number of oxime groups is 1. The zero-order valence-corrected chi connectivity index (χ0v) is 10.6. The third-order valence-corrected chi connectivity index (χ3v) is 2.20. The molecule has 0 spiro atoms. The Morgan fingerprint density at radius 1 is 1.50 bits per heavy atom. The number of nitrogens with one attached hydrogen (secondary N) is 1. The van der Waals surface area contributed by atoms with Crippen LogP contribution in [0.1, 0.15) is 25.3 Å². The van der Waals surface area contributed by atoms with Crippen molar-refractivity contribution in [1.82, 2.24) is 0 Å². The molecular weight excluding hydrogens is 254 g/mol. The van der Waals surface area contributed by atoms with E-state index in [9.17, 15) is 4.79 Å². The molecule has 0 saturated carbocycles. The predicted molar refractivity (Wildman–Crippen MR) is 69.5 cm³/mol. The van der Waals surface area contributed by atoms with Crippen molar-refractivity contribution in [2.24, 2.45) is 5.16 Å². The van der Waals surface area contributed by atoms with Crippen molar-refractivity contribution in [2.45, 2.75) is 19.8 Å². The van der Waals surface area contributed by atoms with E-state index in [1.165, 1.54) is 0 Å². The highest BCUT2D eigenvalue weighted by Crippen LogP contribution is 2.09. The molecule has 6 heteroatoms. The summed E-state index contributed by atoms with van der Waals surface area (Å²) in [5.41, 5.74) is 1.03. The normalized spacial score (nSPS) is 10.6. The van der Waals surface area contributed by atoms with Crippen LogP contribution < -0.4 is 5.32 Å². The molecule has 0 aromatic heterocycles. The molecule has 0 saturated heterocycles. The van der Waals surface area contributed by atoms with E-state index < -0.39 is 6.09 Å². The number of hydrogen-bond donors (Lipinski definition) is 1. The van der Waals surface area contributed by atoms with Gasteiger partial charge in [0.05, 0.1) is 11.6 Å². The number of amides is 1. The van der Waals surface area contributed by atoms with Gasteiger partial charge in [-0.1, -0.05) is 23.7 Å². The molecular formula is C12H12ClN3O2. The second kappa shape index (κ2) is 7.30. The standard InChI is InChI=1S/C12H12ClN3O2/c1-2-3-11(13)16-18-12(17)15-10-6-4-9(8-14)5-7-10/h4-7H,2-3H2,1H3,(H,15,17). The van der Waals surface area contributed by atoms with Gasteiger partial charge in [0.15, 0.2) is 0 Å². The topological polar surface area (TPSA) is 74.5 Å². The lowest BCUT2D eigenvalue weighted by Gasteiger charge is -2.02. The van der Waals surface area contributed by atoms with Crippen LogP contribution in [0.15, 0.2) is 29.4 Å². The van der Waals surface area contributed by atoms with E-state index in [4.69, 9.17) is 16.9 Å². The van der Waals surface area contributed by atoms with E-state index in [0.717, 1.165) is 6.42 Å². The van der Waals surface area contributed by atoms with Gasteiger partial charge in [-0.05, 0) is 30.7 Å². The summed E-state index contributed by atoms with van der Waals surface area (Å²) in [6, 6.07) is 8.34. The average Bonchev–Trinajstić information content (AvgIpc) is 2.38. The second-order valence-electron chi connectivity index (χ2n) is 3.41. The van der Waals surface area contributed by atoms with Crippen LogP contribution >= 0.6 is 11.6 Å². The summed E-state index contributed by atoms with van der Waals surface area (Å²) in [7, 11) is 0. The monoisotopic (exact) mass is 265 g/mol. The van der Waals surface area contributed by atoms with Crippen molar-refractivity contribution >= 4 is 28.6 Å². The SMILES string of the molecule is CCCC(Cl)=NOC(=O)Nc1ccc(C#N)cc1. The molecule has 1 aromatic carbocycles. The van der Waals surface area contributed by atoms with E-state index in [2.05, 4.69) is 15.3 Å². The molecule has 0 fully saturated rings. The number of anilines is 1. The van der Waals surface area contributed by atoms with Crippen LogP contribution in [0.2, 0.25) is 0 Å². The fourth-order valence-electron chi connectivity index (χ4n) is 1.11. The highest BCUT2D eigenvalue weighted by molar-refractivity contribution is 6.65. The number of nitriles is 1. The van der Waals surface area contributed by atoms with Crippen molar-refractivity contribution in [2.75, 3.05) is 5.32 Å². The third-order valence-electron chi connectivity index (χ3n) is 1.94. The molecule has 0 unspecified atom stereocenters. The Hall–Kier alpha value is -2.06. The third kappa shape index (κ3) is 4.85. The first kappa shape index (κ1) is 14.0. The minimum absolute atomic E-state index is 0.243. The van der Waals surface area contributed by atoms with E-state index in [0.29, 0.717) is 17.7 Å². The summed E-state index contributed by atoms with van der Waals surface area (Å²) in [4.78, 5) is 15.9. The van der Waals surface area contributed by atoms with Gasteiger partial charge in [-0.25, -0.2) is 4.79 Å². The fraction of sp³-hybridized carbons (Fsp3) is 0.250. The number of hydrogen-bond acceptors (Lipinski definition) is 4. The first-order valence-corrected chi connectivity index (χ1v) is 5.74. The number of carbonyl (C=O) groups excluding carboxylic acids is 1. The summed E-state index contributed by atoms with van der Waals surface area (Å²) in [6.07, 6.45) is 0.656. The summed E-state index contributed by atoms with van der Waals surface area (Å²) in [6.45, 7) is 1.94. The number of carbonyl (C=O) groups is 1. The lowest BCUT2D eigenvalue weighted by atomic mass is 10.2. The number of benzene rings is 1. The molecule has 94 valence electrons. The summed E-state index contributed by atoms with van der Waals surface area (Å²) >= 11 is 5.68. The zero-order chi connectivity index (χ0) is 13.4. The first-order valence-electron chi connectivity index (χ1n) is 5.36. The lowest BCUT2D eigenvalue weighted by molar-refractivity contribution is 0.166. The largest absolute Gasteiger partial charge is 0.437 e. The molecule has 0 atom stereocenters. The number of rotatable bonds is 4. The van der Waals surface area contributed by atoms with Gasteiger partial charge in [-0.3, -0.25) is 10.2 Å². The smallest absolute Gasteiger partial charge is 0.297 e. The first-order chi connectivity index (χ1) is 8.65. The van der Waals surface area contributed by atoms with Crippen molar-refractivity contribution in [1.29, 1.82) is 5.26 Å². The Labute approximate surface area is 110 Å². The van der Waals surface area contributed by atoms with Gasteiger partial charge >= 0.3 is 6.09 Å². The van der Waals surface area contributed by atoms with Crippen LogP contribution in [0.25, 0.3) is 0 Å². The van der Waals surface area contributed by atoms with E-state index >= 15 is 0 Å². The summed E-state index contributed by atoms with van der Waals surface area (Å²) in [5, 5.41) is 14.8. The number of nitrogens with zero attached hydrogens (tertiary/aromatic N) is 2. The Bertz CT molecular complexity index is 477. The van der Waals surface area contributed by atoms with E-state index in [1.54, 1.807) is 24.3 Å². The molecule has 0 heterocycles. The molecule has 0 radical (unpaired) electrons. The molecule has 18 heavy (non-hydrogen) atoms. The van der Waals surface area contributed by atoms with Gasteiger partial charge in [-0.15, -0.1) is 0 Å². The van der Waals surface area contributed by atoms with Gasteiger partial charge < -0.3 is 0 Å². The maximum Gasteiger partial charge on any atom is 0.437 e. The van der Waals surface area contributed by atoms with Crippen LogP contribution in [0, 0.1) is 11.3 Å². The van der Waals surface area contributed by atoms with Crippen LogP contribution in [-0.2, 0) is 4.84 Å². The van der Waals surface area contributed by atoms with Crippen LogP contribution in [0.3, 0.4) is 0 Å². The molecule has 0 aliphatic heterocycles. The molecule has 0 aliphatic carbocycles. The summed E-state index contributed by atoms with van der Waals surface area (Å²) in [5.74, 6) is 0. The number of halogens is 1. The van der Waals surface area contributed by atoms with Gasteiger partial charge in [-0.2, -0.15) is 5.26 Å². The lowest BCUT2D eigenvalue weighted by Crippen LogP contribution is -2.11. The van der Waals surface area contributed by atoms with Crippen molar-refractivity contribution in [3.8, 4) is 6.07 Å². The minimum atomic E-state index is -0.728. The molecule has 1 rings (SSSR count). The Balaban J connectivity index is 2.49. The maximum atomic E-state index is 11.3. The van der Waals surface area contributed by atoms with Gasteiger partial charge in [0.1, 0.15) is 5.17 Å². The van der Waals surface area contributed by atoms with E-state index in [-0.39, 0.29) is 5.17 Å². The van der Waals surface area contributed by atoms with Gasteiger partial charge in [0, 0.05) is 12.1 Å². The Morgan fingerprint density at radius 3 is 2.72 bits per heavy atom. The Morgan fingerprint density at radius 2 is 2.17 bits per heavy atom. The van der Waals surface area contributed by atoms with Crippen LogP contribution in [0.5, 0.6) is 0 Å². The molecule has 1 aromatic rings. The summed E-state index contributed by atoms with van der Waals surface area (Å²) < 4.78 is 0. The van der Waals surface area contributed by atoms with E-state index in [1.807, 2.05) is 13.0 Å². The fourth-order valence-corrected chi connectivity index (χ4v) is 1.34. The Kier molecular flexibility index (Phi) is 5.68. The second-order valence-corrected chi connectivity index (χ2v) is 3.85. The molecule has 0 aliphatic rings. The van der Waals surface area contributed by atoms with Crippen LogP contribution in [0.4, 0.5) is 10.5 Å². The molecule has 1 amide bonds. The maximum absolute atomic E-state index is 11.3. The van der Waals surface area contributed by atoms with Crippen molar-refractivity contribution in [3.63, 3.8) is 0 Å². The highest BCUT2D eigenvalue weighted by Gasteiger charge is 2.03. The van der Waals surface area contributed by atoms with Crippen LogP contribution in [-0.4, -0.2) is 11.3 Å². The highest BCUT2D eigenvalue weighted by atomic mass is 35.5. The molecule has 5 nitrogen and oxygen atoms in total. The molecule has 1 N–H and O–H groups in total. The van der Waals surface area contributed by atoms with Gasteiger partial charge in [0.2, 0.25) is 0 Å². The molecule has 0 bridgehead atoms.